The van der Waals surface area contributed by atoms with Crippen LogP contribution in [0.3, 0.4) is 0 Å². The summed E-state index contributed by atoms with van der Waals surface area (Å²) in [5.74, 6) is -2.72. The van der Waals surface area contributed by atoms with Crippen molar-refractivity contribution in [2.45, 2.75) is 23.6 Å². The Morgan fingerprint density at radius 1 is 0.619 bits per heavy atom. The fraction of sp³-hybridized carbons (Fsp3) is 0.0476. The molecule has 0 radical (unpaired) electrons. The molecule has 0 bridgehead atoms. The average Bonchev–Trinajstić information content (AvgIpc) is 3.20. The van der Waals surface area contributed by atoms with Gasteiger partial charge in [0.05, 0.1) is 28.4 Å². The Morgan fingerprint density at radius 3 is 1.81 bits per heavy atom. The van der Waals surface area contributed by atoms with Crippen LogP contribution in [0.15, 0.2) is 151 Å². The maximum atomic E-state index is 13.6. The Balaban J connectivity index is 0.00000374. The van der Waals surface area contributed by atoms with E-state index >= 15 is 0 Å². The molecular formula is C42H31N7Na2O10S2. The van der Waals surface area contributed by atoms with Gasteiger partial charge in [-0.25, -0.2) is 4.99 Å². The third-order valence-electron chi connectivity index (χ3n) is 9.27. The van der Waals surface area contributed by atoms with Gasteiger partial charge in [0.2, 0.25) is 5.90 Å². The van der Waals surface area contributed by atoms with Crippen LogP contribution >= 0.6 is 0 Å². The van der Waals surface area contributed by atoms with Crippen molar-refractivity contribution in [1.29, 1.82) is 0 Å². The average molecular weight is 904 g/mol. The summed E-state index contributed by atoms with van der Waals surface area (Å²) in [6.45, 7) is 3.64. The summed E-state index contributed by atoms with van der Waals surface area (Å²) in [7, 11) is -9.89. The van der Waals surface area contributed by atoms with Gasteiger partial charge >= 0.3 is 59.1 Å². The number of nitrogens with one attached hydrogen (secondary N) is 1. The van der Waals surface area contributed by atoms with E-state index in [-0.39, 0.29) is 109 Å². The number of amides is 1. The number of carbonyl (C=O) groups is 1. The first-order chi connectivity index (χ1) is 28.8. The molecular weight excluding hydrogens is 873 g/mol. The number of hydrogen-bond donors (Lipinski definition) is 5. The summed E-state index contributed by atoms with van der Waals surface area (Å²) in [5, 5.41) is 56.2. The van der Waals surface area contributed by atoms with E-state index in [9.17, 15) is 46.1 Å². The van der Waals surface area contributed by atoms with Gasteiger partial charge in [-0.3, -0.25) is 13.9 Å². The van der Waals surface area contributed by atoms with Gasteiger partial charge < -0.3 is 26.4 Å². The van der Waals surface area contributed by atoms with Crippen LogP contribution in [0, 0.1) is 13.8 Å². The summed E-state index contributed by atoms with van der Waals surface area (Å²) < 4.78 is 69.3. The molecule has 0 aliphatic heterocycles. The van der Waals surface area contributed by atoms with E-state index in [4.69, 9.17) is 5.73 Å². The zero-order valence-electron chi connectivity index (χ0n) is 33.8. The van der Waals surface area contributed by atoms with Gasteiger partial charge in [0, 0.05) is 22.5 Å². The molecule has 308 valence electrons. The van der Waals surface area contributed by atoms with Gasteiger partial charge in [-0.15, -0.1) is 10.2 Å². The van der Waals surface area contributed by atoms with Crippen molar-refractivity contribution in [3.05, 3.63) is 138 Å². The van der Waals surface area contributed by atoms with Gasteiger partial charge in [-0.1, -0.05) is 41.3 Å². The molecule has 0 aliphatic carbocycles. The molecule has 7 aromatic carbocycles. The summed E-state index contributed by atoms with van der Waals surface area (Å²) in [6.07, 6.45) is 0. The van der Waals surface area contributed by atoms with Crippen molar-refractivity contribution < 1.29 is 105 Å². The molecule has 0 heterocycles. The Labute approximate surface area is 404 Å². The molecule has 0 unspecified atom stereocenters. The number of aliphatic hydroxyl groups excluding tert-OH is 1. The fourth-order valence-corrected chi connectivity index (χ4v) is 7.52. The Kier molecular flexibility index (Phi) is 14.9. The van der Waals surface area contributed by atoms with Crippen LogP contribution in [-0.2, 0) is 20.2 Å². The molecule has 0 fully saturated rings. The first-order valence-corrected chi connectivity index (χ1v) is 20.7. The van der Waals surface area contributed by atoms with Crippen molar-refractivity contribution in [3.8, 4) is 11.5 Å². The van der Waals surface area contributed by atoms with Crippen LogP contribution in [-0.4, -0.2) is 42.9 Å². The fourth-order valence-electron chi connectivity index (χ4n) is 6.21. The second-order valence-electron chi connectivity index (χ2n) is 13.6. The predicted molar refractivity (Wildman–Crippen MR) is 225 cm³/mol. The number of nitrogens with zero attached hydrogens (tertiary/aromatic N) is 5. The zero-order chi connectivity index (χ0) is 43.8. The van der Waals surface area contributed by atoms with E-state index in [1.807, 2.05) is 13.0 Å². The van der Waals surface area contributed by atoms with E-state index < -0.39 is 58.8 Å². The minimum Gasteiger partial charge on any atom is -0.871 e. The number of hydrogen-bond acceptors (Lipinski definition) is 13. The summed E-state index contributed by atoms with van der Waals surface area (Å²) in [4.78, 5) is 15.8. The van der Waals surface area contributed by atoms with E-state index in [2.05, 4.69) is 30.8 Å². The van der Waals surface area contributed by atoms with Crippen molar-refractivity contribution >= 4 is 93.4 Å². The molecule has 1 amide bonds. The zero-order valence-corrected chi connectivity index (χ0v) is 39.4. The smallest absolute Gasteiger partial charge is 0.871 e. The van der Waals surface area contributed by atoms with E-state index in [1.165, 1.54) is 60.7 Å². The molecule has 0 atom stereocenters. The van der Waals surface area contributed by atoms with Crippen LogP contribution in [0.5, 0.6) is 11.5 Å². The molecule has 17 nitrogen and oxygen atoms in total. The van der Waals surface area contributed by atoms with Gasteiger partial charge in [0.25, 0.3) is 26.1 Å². The van der Waals surface area contributed by atoms with E-state index in [1.54, 1.807) is 43.3 Å². The number of anilines is 2. The summed E-state index contributed by atoms with van der Waals surface area (Å²) in [5.41, 5.74) is 7.81. The molecule has 0 spiro atoms. The number of benzene rings is 7. The number of carbonyl (C=O) groups excluding carboxylic acids is 1. The number of nitrogen functional groups attached to an aromatic ring is 1. The van der Waals surface area contributed by atoms with Crippen molar-refractivity contribution in [3.63, 3.8) is 0 Å². The molecule has 0 aliphatic rings. The minimum absolute atomic E-state index is 0. The maximum absolute atomic E-state index is 13.6. The number of rotatable bonds is 10. The molecule has 7 rings (SSSR count). The Hall–Kier alpha value is -5.58. The van der Waals surface area contributed by atoms with E-state index in [0.717, 1.165) is 23.3 Å². The van der Waals surface area contributed by atoms with Crippen LogP contribution in [0.1, 0.15) is 27.0 Å². The minimum atomic E-state index is -5.00. The Morgan fingerprint density at radius 2 is 1.19 bits per heavy atom. The standard InChI is InChI=1S/C42H33N7O10S2.2Na/c1-22-3-16-34(23(2)17-22)47-49-38-35(60(54,55)56)19-26-8-13-31(21-33(26)40(38)51)45-42(53)25-6-11-29(12-7-25)46-48-37-36(61(57,58)59)20-27-18-30(14-15-32(27)39(37)50)44-41(52)24-4-9-28(43)10-5-24;;/h3-21,50-51H,43H2,1-2H3,(H,44,52)(H,45,53)(H,54,55,56)(H,57,58,59);;/q;2*+1/p-2. The molecule has 7 aromatic rings. The molecule has 63 heavy (non-hydrogen) atoms. The van der Waals surface area contributed by atoms with Gasteiger partial charge in [0.1, 0.15) is 9.79 Å². The van der Waals surface area contributed by atoms with Crippen molar-refractivity contribution in [2.75, 3.05) is 11.1 Å². The number of fused-ring (bicyclic) bond motifs is 2. The largest absolute Gasteiger partial charge is 1.00 e. The van der Waals surface area contributed by atoms with Gasteiger partial charge in [0.15, 0.2) is 0 Å². The molecule has 21 heteroatoms. The van der Waals surface area contributed by atoms with Crippen molar-refractivity contribution in [2.24, 2.45) is 25.4 Å². The Bertz CT molecular complexity index is 3260. The molecule has 0 saturated heterocycles. The van der Waals surface area contributed by atoms with Gasteiger partial charge in [-0.2, -0.15) is 27.1 Å². The van der Waals surface area contributed by atoms with Crippen LogP contribution < -0.4 is 80.4 Å². The van der Waals surface area contributed by atoms with Crippen LogP contribution in [0.4, 0.5) is 39.8 Å². The number of azo groups is 2. The second-order valence-corrected chi connectivity index (χ2v) is 16.4. The first kappa shape index (κ1) is 48.5. The number of nitrogens with two attached hydrogens (primary N) is 1. The van der Waals surface area contributed by atoms with Crippen LogP contribution in [0.25, 0.3) is 21.5 Å². The number of aryl methyl sites for hydroxylation is 2. The molecule has 0 aromatic heterocycles. The second kappa shape index (κ2) is 19.4. The third-order valence-corrected chi connectivity index (χ3v) is 11.0. The molecule has 6 N–H and O–H groups in total. The normalized spacial score (nSPS) is 12.1. The summed E-state index contributed by atoms with van der Waals surface area (Å²) in [6, 6.07) is 27.3. The van der Waals surface area contributed by atoms with E-state index in [0.29, 0.717) is 16.9 Å². The maximum Gasteiger partial charge on any atom is 1.00 e. The molecule has 0 saturated carbocycles. The van der Waals surface area contributed by atoms with Gasteiger partial charge in [-0.05, 0) is 132 Å². The number of aliphatic hydroxyl groups is 1. The van der Waals surface area contributed by atoms with Crippen LogP contribution in [0.2, 0.25) is 0 Å². The monoisotopic (exact) mass is 903 g/mol. The third kappa shape index (κ3) is 11.0. The summed E-state index contributed by atoms with van der Waals surface area (Å²) >= 11 is 0. The SMILES string of the molecule is Cc1ccc(N=Nc2c(S(=O)(=O)O)cc3ccc(NC(=O)c4ccc(N=Nc5c(S(=O)(=O)O)cc6cc(N=C(O)c7ccc(N)cc7)ccc6c5[O-])cc4)cc3c2[O-])c(C)c1.[Na+].[Na+]. The quantitative estimate of drug-likeness (QED) is 0.0332. The number of aliphatic imine (C=N–C) groups is 1. The first-order valence-electron chi connectivity index (χ1n) is 17.8. The predicted octanol–water partition coefficient (Wildman–Crippen LogP) is 2.56. The topological polar surface area (TPSA) is 292 Å². The van der Waals surface area contributed by atoms with Crippen molar-refractivity contribution in [1.82, 2.24) is 0 Å².